The van der Waals surface area contributed by atoms with Gasteiger partial charge in [0.25, 0.3) is 5.91 Å². The molecule has 3 rings (SSSR count). The Bertz CT molecular complexity index is 1020. The van der Waals surface area contributed by atoms with E-state index in [1.54, 1.807) is 11.0 Å². The van der Waals surface area contributed by atoms with Crippen molar-refractivity contribution in [1.82, 2.24) is 9.80 Å². The topological polar surface area (TPSA) is 87.2 Å². The van der Waals surface area contributed by atoms with Crippen molar-refractivity contribution in [2.45, 2.75) is 57.8 Å². The fourth-order valence-electron chi connectivity index (χ4n) is 3.99. The molecule has 1 saturated heterocycles. The van der Waals surface area contributed by atoms with Crippen LogP contribution in [0.5, 0.6) is 0 Å². The number of β-amino-alcohol motifs (C(OH)–C–C–N with tert-alkyl or cyclic N) is 1. The number of halogens is 1. The van der Waals surface area contributed by atoms with Gasteiger partial charge >= 0.3 is 5.97 Å². The summed E-state index contributed by atoms with van der Waals surface area (Å²) in [6.07, 6.45) is -1.14. The average Bonchev–Trinajstić information content (AvgIpc) is 3.19. The first-order chi connectivity index (χ1) is 16.1. The molecule has 1 N–H and O–H groups in total. The number of likely N-dealkylation sites (tertiary alicyclic amines) is 1. The second-order valence-corrected chi connectivity index (χ2v) is 9.46. The van der Waals surface area contributed by atoms with Crippen LogP contribution in [0.1, 0.15) is 38.3 Å². The van der Waals surface area contributed by atoms with Gasteiger partial charge in [-0.25, -0.2) is 9.18 Å². The van der Waals surface area contributed by atoms with Gasteiger partial charge in [0.2, 0.25) is 5.91 Å². The largest absolute Gasteiger partial charge is 0.454 e. The van der Waals surface area contributed by atoms with E-state index in [9.17, 15) is 23.9 Å². The van der Waals surface area contributed by atoms with Crippen LogP contribution in [0.3, 0.4) is 0 Å². The molecule has 2 aromatic carbocycles. The molecule has 2 aromatic rings. The molecule has 2 atom stereocenters. The number of esters is 1. The first-order valence-corrected chi connectivity index (χ1v) is 11.3. The number of benzene rings is 2. The number of ether oxygens (including phenoxy) is 1. The zero-order chi connectivity index (χ0) is 24.9. The summed E-state index contributed by atoms with van der Waals surface area (Å²) in [7, 11) is 0. The maximum atomic E-state index is 14.0. The number of aliphatic hydroxyl groups excluding tert-OH is 1. The molecule has 0 aliphatic carbocycles. The van der Waals surface area contributed by atoms with Gasteiger partial charge in [0.05, 0.1) is 12.5 Å². The van der Waals surface area contributed by atoms with Gasteiger partial charge in [-0.3, -0.25) is 9.59 Å². The predicted molar refractivity (Wildman–Crippen MR) is 124 cm³/mol. The first kappa shape index (κ1) is 25.4. The van der Waals surface area contributed by atoms with Gasteiger partial charge in [0, 0.05) is 25.0 Å². The first-order valence-electron chi connectivity index (χ1n) is 11.3. The minimum atomic E-state index is -1.03. The van der Waals surface area contributed by atoms with Gasteiger partial charge in [-0.1, -0.05) is 48.5 Å². The number of amides is 2. The van der Waals surface area contributed by atoms with Gasteiger partial charge in [-0.15, -0.1) is 0 Å². The molecule has 1 aliphatic heterocycles. The summed E-state index contributed by atoms with van der Waals surface area (Å²) in [5, 5.41) is 10.1. The van der Waals surface area contributed by atoms with E-state index in [2.05, 4.69) is 0 Å². The third kappa shape index (κ3) is 6.41. The van der Waals surface area contributed by atoms with E-state index in [-0.39, 0.29) is 30.9 Å². The third-order valence-corrected chi connectivity index (χ3v) is 5.80. The van der Waals surface area contributed by atoms with E-state index in [1.807, 2.05) is 51.1 Å². The smallest absolute Gasteiger partial charge is 0.329 e. The molecule has 1 aliphatic rings. The van der Waals surface area contributed by atoms with Crippen LogP contribution in [-0.4, -0.2) is 63.5 Å². The summed E-state index contributed by atoms with van der Waals surface area (Å²) in [6, 6.07) is 14.4. The summed E-state index contributed by atoms with van der Waals surface area (Å²) in [5.74, 6) is -2.14. The minimum Gasteiger partial charge on any atom is -0.454 e. The Morgan fingerprint density at radius 3 is 2.38 bits per heavy atom. The molecule has 0 unspecified atom stereocenters. The van der Waals surface area contributed by atoms with Gasteiger partial charge < -0.3 is 19.6 Å². The highest BCUT2D eigenvalue weighted by atomic mass is 19.1. The monoisotopic (exact) mass is 470 g/mol. The molecule has 1 fully saturated rings. The fourth-order valence-corrected chi connectivity index (χ4v) is 3.99. The van der Waals surface area contributed by atoms with Crippen molar-refractivity contribution in [1.29, 1.82) is 0 Å². The normalized spacial score (nSPS) is 18.0. The van der Waals surface area contributed by atoms with Crippen molar-refractivity contribution in [3.8, 4) is 0 Å². The summed E-state index contributed by atoms with van der Waals surface area (Å²) < 4.78 is 19.2. The minimum absolute atomic E-state index is 0.00301. The van der Waals surface area contributed by atoms with Crippen LogP contribution in [-0.2, 0) is 32.1 Å². The van der Waals surface area contributed by atoms with E-state index in [0.717, 1.165) is 5.56 Å². The van der Waals surface area contributed by atoms with Crippen molar-refractivity contribution in [2.75, 3.05) is 13.2 Å². The van der Waals surface area contributed by atoms with Gasteiger partial charge in [-0.05, 0) is 38.0 Å². The highest BCUT2D eigenvalue weighted by Gasteiger charge is 2.40. The van der Waals surface area contributed by atoms with Crippen molar-refractivity contribution >= 4 is 17.8 Å². The lowest BCUT2D eigenvalue weighted by atomic mass is 10.0. The Morgan fingerprint density at radius 1 is 1.09 bits per heavy atom. The third-order valence-electron chi connectivity index (χ3n) is 5.80. The Balaban J connectivity index is 1.64. The summed E-state index contributed by atoms with van der Waals surface area (Å²) in [4.78, 5) is 41.3. The molecule has 0 saturated carbocycles. The zero-order valence-electron chi connectivity index (χ0n) is 19.7. The maximum Gasteiger partial charge on any atom is 0.329 e. The molecular formula is C26H31FN2O5. The molecule has 182 valence electrons. The van der Waals surface area contributed by atoms with Crippen LogP contribution in [0.4, 0.5) is 4.39 Å². The molecule has 0 radical (unpaired) electrons. The van der Waals surface area contributed by atoms with Gasteiger partial charge in [0.1, 0.15) is 11.9 Å². The molecule has 0 spiro atoms. The number of carbonyl (C=O) groups excluding carboxylic acids is 3. The molecule has 2 amide bonds. The summed E-state index contributed by atoms with van der Waals surface area (Å²) in [5.41, 5.74) is 0.642. The van der Waals surface area contributed by atoms with E-state index in [4.69, 9.17) is 4.74 Å². The van der Waals surface area contributed by atoms with Crippen LogP contribution >= 0.6 is 0 Å². The summed E-state index contributed by atoms with van der Waals surface area (Å²) in [6.45, 7) is 5.51. The molecule has 8 heteroatoms. The molecule has 0 bridgehead atoms. The standard InChI is InChI=1S/C26H31FN2O5/c1-26(2,3)29(15-18-9-5-4-6-10-18)24(32)17-34-25(33)22-14-20(30)16-28(22)23(31)13-19-11-7-8-12-21(19)27/h4-12,20,22,30H,13-17H2,1-3H3/t20-,22+/m0/s1. The SMILES string of the molecule is CC(C)(C)N(Cc1ccccc1)C(=O)COC(=O)[C@H]1C[C@H](O)CN1C(=O)Cc1ccccc1F. The lowest BCUT2D eigenvalue weighted by Gasteiger charge is -2.36. The second kappa shape index (κ2) is 10.8. The van der Waals surface area contributed by atoms with Gasteiger partial charge in [0.15, 0.2) is 6.61 Å². The molecular weight excluding hydrogens is 439 g/mol. The molecule has 1 heterocycles. The lowest BCUT2D eigenvalue weighted by Crippen LogP contribution is -2.48. The van der Waals surface area contributed by atoms with Crippen molar-refractivity contribution < 1.29 is 28.6 Å². The van der Waals surface area contributed by atoms with Crippen LogP contribution in [0, 0.1) is 5.82 Å². The number of hydrogen-bond donors (Lipinski definition) is 1. The highest BCUT2D eigenvalue weighted by molar-refractivity contribution is 5.88. The van der Waals surface area contributed by atoms with E-state index in [0.29, 0.717) is 6.54 Å². The zero-order valence-corrected chi connectivity index (χ0v) is 19.7. The van der Waals surface area contributed by atoms with Crippen LogP contribution < -0.4 is 0 Å². The Kier molecular flexibility index (Phi) is 8.04. The Labute approximate surface area is 199 Å². The van der Waals surface area contributed by atoms with Crippen molar-refractivity contribution in [3.05, 3.63) is 71.5 Å². The second-order valence-electron chi connectivity index (χ2n) is 9.46. The predicted octanol–water partition coefficient (Wildman–Crippen LogP) is 2.70. The molecule has 34 heavy (non-hydrogen) atoms. The number of aliphatic hydroxyl groups is 1. The lowest BCUT2D eigenvalue weighted by molar-refractivity contribution is -0.159. The van der Waals surface area contributed by atoms with Crippen LogP contribution in [0.2, 0.25) is 0 Å². The van der Waals surface area contributed by atoms with Crippen molar-refractivity contribution in [3.63, 3.8) is 0 Å². The Morgan fingerprint density at radius 2 is 1.74 bits per heavy atom. The quantitative estimate of drug-likeness (QED) is 0.629. The summed E-state index contributed by atoms with van der Waals surface area (Å²) >= 11 is 0. The molecule has 0 aromatic heterocycles. The number of nitrogens with zero attached hydrogens (tertiary/aromatic N) is 2. The van der Waals surface area contributed by atoms with E-state index in [1.165, 1.54) is 23.1 Å². The van der Waals surface area contributed by atoms with Crippen LogP contribution in [0.25, 0.3) is 0 Å². The Hall–Kier alpha value is -3.26. The molecule has 7 nitrogen and oxygen atoms in total. The average molecular weight is 471 g/mol. The number of hydrogen-bond acceptors (Lipinski definition) is 5. The number of carbonyl (C=O) groups is 3. The van der Waals surface area contributed by atoms with E-state index >= 15 is 0 Å². The fraction of sp³-hybridized carbons (Fsp3) is 0.423. The van der Waals surface area contributed by atoms with Crippen LogP contribution in [0.15, 0.2) is 54.6 Å². The van der Waals surface area contributed by atoms with Gasteiger partial charge in [-0.2, -0.15) is 0 Å². The maximum absolute atomic E-state index is 14.0. The highest BCUT2D eigenvalue weighted by Crippen LogP contribution is 2.22. The van der Waals surface area contributed by atoms with E-state index < -0.39 is 42.0 Å². The van der Waals surface area contributed by atoms with Crippen molar-refractivity contribution in [2.24, 2.45) is 0 Å². The number of rotatable bonds is 7.